The first-order valence-corrected chi connectivity index (χ1v) is 26.2. The zero-order valence-corrected chi connectivity index (χ0v) is 39.4. The van der Waals surface area contributed by atoms with Crippen molar-refractivity contribution in [3.63, 3.8) is 0 Å². The summed E-state index contributed by atoms with van der Waals surface area (Å²) >= 11 is 0. The van der Waals surface area contributed by atoms with Gasteiger partial charge < -0.3 is 34.6 Å². The van der Waals surface area contributed by atoms with Crippen LogP contribution in [0.2, 0.25) is 0 Å². The van der Waals surface area contributed by atoms with Crippen LogP contribution < -0.4 is 24.8 Å². The number of fused-ring (bicyclic) bond motifs is 5. The van der Waals surface area contributed by atoms with Gasteiger partial charge in [-0.25, -0.2) is 27.0 Å². The molecule has 67 heavy (non-hydrogen) atoms. The molecule has 1 aromatic carbocycles. The van der Waals surface area contributed by atoms with Crippen molar-refractivity contribution in [1.82, 2.24) is 30.1 Å². The number of ether oxygens (including phenoxy) is 3. The molecule has 4 heterocycles. The van der Waals surface area contributed by atoms with Crippen molar-refractivity contribution in [2.75, 3.05) is 32.8 Å². The predicted octanol–water partition coefficient (Wildman–Crippen LogP) is 6.32. The molecule has 3 N–H and O–H groups in total. The topological polar surface area (TPSA) is 186 Å². The summed E-state index contributed by atoms with van der Waals surface area (Å²) < 4.78 is 74.8. The molecule has 7 atom stereocenters. The number of piperidine rings is 1. The molecule has 1 aromatic heterocycles. The highest BCUT2D eigenvalue weighted by Crippen LogP contribution is 2.48. The van der Waals surface area contributed by atoms with Gasteiger partial charge in [0.25, 0.3) is 11.8 Å². The van der Waals surface area contributed by atoms with E-state index in [-0.39, 0.29) is 50.2 Å². The lowest BCUT2D eigenvalue weighted by Gasteiger charge is -2.34. The Bertz CT molecular complexity index is 2330. The number of halogens is 2. The van der Waals surface area contributed by atoms with Crippen LogP contribution >= 0.6 is 0 Å². The highest BCUT2D eigenvalue weighted by molar-refractivity contribution is 7.91. The number of aromatic nitrogens is 1. The van der Waals surface area contributed by atoms with Gasteiger partial charge >= 0.3 is 6.09 Å². The summed E-state index contributed by atoms with van der Waals surface area (Å²) in [6, 6.07) is 5.47. The number of hydrogen-bond acceptors (Lipinski definition) is 11. The highest BCUT2D eigenvalue weighted by atomic mass is 32.2. The number of hydrogen-bond donors (Lipinski definition) is 3. The maximum absolute atomic E-state index is 15.1. The molecular formula is C49H66F2N6O9S. The largest absolute Gasteiger partial charge is 0.492 e. The van der Waals surface area contributed by atoms with Crippen LogP contribution in [0.25, 0.3) is 10.9 Å². The molecule has 4 aliphatic carbocycles. The Morgan fingerprint density at radius 2 is 1.70 bits per heavy atom. The molecule has 7 aliphatic rings. The van der Waals surface area contributed by atoms with Crippen molar-refractivity contribution in [2.24, 2.45) is 17.8 Å². The van der Waals surface area contributed by atoms with Gasteiger partial charge in [-0.3, -0.25) is 19.1 Å². The molecule has 2 bridgehead atoms. The summed E-state index contributed by atoms with van der Waals surface area (Å²) in [4.78, 5) is 65.9. The zero-order valence-electron chi connectivity index (χ0n) is 38.6. The van der Waals surface area contributed by atoms with Gasteiger partial charge in [-0.15, -0.1) is 6.58 Å². The molecular weight excluding hydrogens is 887 g/mol. The maximum atomic E-state index is 15.1. The van der Waals surface area contributed by atoms with Gasteiger partial charge in [-0.2, -0.15) is 0 Å². The normalized spacial score (nSPS) is 31.1. The van der Waals surface area contributed by atoms with Gasteiger partial charge in [0.1, 0.15) is 35.6 Å². The second kappa shape index (κ2) is 19.1. The minimum atomic E-state index is -4.04. The first-order valence-electron chi connectivity index (χ1n) is 24.7. The van der Waals surface area contributed by atoms with Crippen LogP contribution in [0.5, 0.6) is 11.6 Å². The molecule has 18 heteroatoms. The maximum Gasteiger partial charge on any atom is 0.408 e. The average Bonchev–Trinajstić information content (AvgIpc) is 4.27. The van der Waals surface area contributed by atoms with Gasteiger partial charge in [0.15, 0.2) is 0 Å². The number of pyridine rings is 1. The van der Waals surface area contributed by atoms with Gasteiger partial charge in [-0.05, 0) is 95.1 Å². The Kier molecular flexibility index (Phi) is 13.5. The van der Waals surface area contributed by atoms with E-state index in [1.54, 1.807) is 6.92 Å². The Balaban J connectivity index is 1.03. The van der Waals surface area contributed by atoms with Crippen molar-refractivity contribution in [3.05, 3.63) is 42.5 Å². The number of nitrogens with zero attached hydrogens (tertiary/aromatic N) is 3. The summed E-state index contributed by atoms with van der Waals surface area (Å²) in [7, 11) is -4.04. The monoisotopic (exact) mass is 952 g/mol. The standard InChI is InChI=1S/C49H66F2N6O9S/c1-3-33-29-49(33,45(60)55-67(62,63)47(2)19-20-47)54-42(58)38-28-34-30-57(38)44(59)40(31-13-6-4-7-14-31)53-46(61)66-39-27-32(39)15-8-5-9-17-36-41(35-16-10-11-18-37(35)52-43(36)65-34)64-26-12-23-56-24-21-48(50,51)22-25-56/h3,10-11,16,18,31-34,38-40H,1,4-9,12-15,17,19-30H2,2H3,(H,53,61)(H,54,58)(H,55,60)/t32-,33-,34-,38+,39-,40+,49-/m1/s1. The van der Waals surface area contributed by atoms with Gasteiger partial charge in [0.05, 0.1) is 29.0 Å². The fourth-order valence-electron chi connectivity index (χ4n) is 10.8. The molecule has 366 valence electrons. The Morgan fingerprint density at radius 1 is 0.985 bits per heavy atom. The molecule has 0 radical (unpaired) electrons. The molecule has 6 fully saturated rings. The third-order valence-electron chi connectivity index (χ3n) is 15.6. The van der Waals surface area contributed by atoms with Crippen LogP contribution in [0.1, 0.15) is 122 Å². The van der Waals surface area contributed by atoms with E-state index >= 15 is 4.79 Å². The average molecular weight is 953 g/mol. The van der Waals surface area contributed by atoms with Crippen LogP contribution in [-0.4, -0.2) is 120 Å². The second-order valence-electron chi connectivity index (χ2n) is 20.6. The van der Waals surface area contributed by atoms with Crippen LogP contribution in [0.3, 0.4) is 0 Å². The number of alkyl halides is 2. The number of para-hydroxylation sites is 1. The Labute approximate surface area is 391 Å². The van der Waals surface area contributed by atoms with Gasteiger partial charge in [-0.1, -0.05) is 50.3 Å². The summed E-state index contributed by atoms with van der Waals surface area (Å²) in [6.07, 6.45) is 10.1. The smallest absolute Gasteiger partial charge is 0.408 e. The number of amides is 4. The molecule has 15 nitrogen and oxygen atoms in total. The van der Waals surface area contributed by atoms with E-state index in [0.717, 1.165) is 62.3 Å². The third-order valence-corrected chi connectivity index (χ3v) is 17.8. The molecule has 0 spiro atoms. The van der Waals surface area contributed by atoms with Gasteiger partial charge in [0.2, 0.25) is 27.7 Å². The first kappa shape index (κ1) is 47.5. The first-order chi connectivity index (χ1) is 32.1. The molecule has 0 unspecified atom stereocenters. The summed E-state index contributed by atoms with van der Waals surface area (Å²) in [5.41, 5.74) is -0.207. The lowest BCUT2D eigenvalue weighted by molar-refractivity contribution is -0.142. The van der Waals surface area contributed by atoms with Gasteiger partial charge in [0, 0.05) is 50.2 Å². The lowest BCUT2D eigenvalue weighted by Crippen LogP contribution is -2.59. The van der Waals surface area contributed by atoms with E-state index in [9.17, 15) is 31.6 Å². The van der Waals surface area contributed by atoms with Crippen molar-refractivity contribution in [2.45, 2.75) is 163 Å². The van der Waals surface area contributed by atoms with E-state index in [1.165, 1.54) is 11.0 Å². The number of likely N-dealkylation sites (tertiary alicyclic amines) is 1. The molecule has 2 saturated heterocycles. The van der Waals surface area contributed by atoms with Crippen LogP contribution in [-0.2, 0) is 35.6 Å². The summed E-state index contributed by atoms with van der Waals surface area (Å²) in [5.74, 6) is -4.17. The van der Waals surface area contributed by atoms with E-state index in [0.29, 0.717) is 81.9 Å². The van der Waals surface area contributed by atoms with E-state index < -0.39 is 74.2 Å². The molecule has 9 rings (SSSR count). The lowest BCUT2D eigenvalue weighted by atomic mass is 9.83. The van der Waals surface area contributed by atoms with E-state index in [2.05, 4.69) is 21.9 Å². The quantitative estimate of drug-likeness (QED) is 0.160. The van der Waals surface area contributed by atoms with Crippen LogP contribution in [0.4, 0.5) is 13.6 Å². The molecule has 3 aliphatic heterocycles. The van der Waals surface area contributed by atoms with Crippen LogP contribution in [0.15, 0.2) is 36.9 Å². The number of carbonyl (C=O) groups excluding carboxylic acids is 4. The van der Waals surface area contributed by atoms with E-state index in [1.807, 2.05) is 29.2 Å². The van der Waals surface area contributed by atoms with Crippen molar-refractivity contribution >= 4 is 44.7 Å². The Hall–Kier alpha value is -4.58. The number of carbonyl (C=O) groups is 4. The number of benzene rings is 1. The minimum Gasteiger partial charge on any atom is -0.492 e. The number of nitrogens with one attached hydrogen (secondary N) is 3. The number of alkyl carbamates (subject to hydrolysis) is 1. The van der Waals surface area contributed by atoms with E-state index in [4.69, 9.17) is 19.2 Å². The Morgan fingerprint density at radius 3 is 2.42 bits per heavy atom. The predicted molar refractivity (Wildman–Crippen MR) is 245 cm³/mol. The molecule has 4 saturated carbocycles. The van der Waals surface area contributed by atoms with Crippen molar-refractivity contribution < 1.29 is 50.6 Å². The molecule has 2 aromatic rings. The number of sulfonamides is 1. The third kappa shape index (κ3) is 10.4. The SMILES string of the molecule is C=C[C@@H]1C[C@]1(NC(=O)[C@@H]1C[C@@H]2CN1C(=O)[C@H](C1CCCCC1)NC(=O)O[C@@H]1C[C@H]1CCCCCc1c(nc3ccccc3c1OCCCN1CCC(F)(F)CC1)O2)C(=O)NS(=O)(=O)C1(C)CC1. The zero-order chi connectivity index (χ0) is 47.1. The second-order valence-corrected chi connectivity index (χ2v) is 22.8. The summed E-state index contributed by atoms with van der Waals surface area (Å²) in [5, 5.41) is 6.62. The minimum absolute atomic E-state index is 0.00893. The van der Waals surface area contributed by atoms with Crippen molar-refractivity contribution in [3.8, 4) is 11.6 Å². The fourth-order valence-corrected chi connectivity index (χ4v) is 12.1. The van der Waals surface area contributed by atoms with Crippen molar-refractivity contribution in [1.29, 1.82) is 0 Å². The number of rotatable bonds is 12. The van der Waals surface area contributed by atoms with Crippen LogP contribution in [0, 0.1) is 17.8 Å². The molecule has 4 amide bonds. The fraction of sp³-hybridized carbons (Fsp3) is 0.694. The highest BCUT2D eigenvalue weighted by Gasteiger charge is 2.63. The summed E-state index contributed by atoms with van der Waals surface area (Å²) in [6.45, 7) is 7.00.